The molecule has 26 heavy (non-hydrogen) atoms. The number of nitro benzene ring substituents is 1. The SMILES string of the molecule is O=C(CCc1nc(-c2cccnc2)no1)Oc1cc(F)ccc1[N+](=O)[O-]. The maximum absolute atomic E-state index is 13.2. The molecule has 0 fully saturated rings. The van der Waals surface area contributed by atoms with Crippen LogP contribution >= 0.6 is 0 Å². The van der Waals surface area contributed by atoms with E-state index in [1.807, 2.05) is 0 Å². The van der Waals surface area contributed by atoms with Crippen LogP contribution in [0.15, 0.2) is 47.2 Å². The number of aryl methyl sites for hydroxylation is 1. The number of carbonyl (C=O) groups is 1. The molecule has 10 heteroatoms. The number of ether oxygens (including phenoxy) is 1. The molecule has 0 unspecified atom stereocenters. The molecule has 2 heterocycles. The third-order valence-electron chi connectivity index (χ3n) is 3.27. The molecule has 3 rings (SSSR count). The Bertz CT molecular complexity index is 945. The van der Waals surface area contributed by atoms with Gasteiger partial charge in [-0.25, -0.2) is 4.39 Å². The third kappa shape index (κ3) is 4.04. The summed E-state index contributed by atoms with van der Waals surface area (Å²) in [4.78, 5) is 30.1. The molecule has 0 bridgehead atoms. The number of hydrogen-bond acceptors (Lipinski definition) is 8. The van der Waals surface area contributed by atoms with Crippen LogP contribution in [-0.2, 0) is 11.2 Å². The Morgan fingerprint density at radius 2 is 2.19 bits per heavy atom. The van der Waals surface area contributed by atoms with Gasteiger partial charge in [-0.15, -0.1) is 0 Å². The van der Waals surface area contributed by atoms with Gasteiger partial charge in [0.25, 0.3) is 0 Å². The summed E-state index contributed by atoms with van der Waals surface area (Å²) in [5.41, 5.74) is 0.150. The number of pyridine rings is 1. The second kappa shape index (κ2) is 7.47. The minimum atomic E-state index is -0.792. The summed E-state index contributed by atoms with van der Waals surface area (Å²) in [6, 6.07) is 6.08. The van der Waals surface area contributed by atoms with Gasteiger partial charge >= 0.3 is 11.7 Å². The molecule has 132 valence electrons. The first kappa shape index (κ1) is 17.1. The monoisotopic (exact) mass is 358 g/mol. The zero-order valence-corrected chi connectivity index (χ0v) is 13.2. The van der Waals surface area contributed by atoms with Crippen LogP contribution in [-0.4, -0.2) is 26.0 Å². The van der Waals surface area contributed by atoms with Crippen molar-refractivity contribution in [3.05, 3.63) is 64.5 Å². The Morgan fingerprint density at radius 1 is 1.35 bits per heavy atom. The number of halogens is 1. The Hall–Kier alpha value is -3.69. The van der Waals surface area contributed by atoms with Gasteiger partial charge in [-0.3, -0.25) is 19.9 Å². The predicted molar refractivity (Wildman–Crippen MR) is 84.5 cm³/mol. The molecule has 0 amide bonds. The Morgan fingerprint density at radius 3 is 2.92 bits per heavy atom. The third-order valence-corrected chi connectivity index (χ3v) is 3.27. The number of nitro groups is 1. The van der Waals surface area contributed by atoms with Gasteiger partial charge in [0.1, 0.15) is 5.82 Å². The van der Waals surface area contributed by atoms with Gasteiger partial charge in [-0.2, -0.15) is 4.98 Å². The lowest BCUT2D eigenvalue weighted by molar-refractivity contribution is -0.385. The van der Waals surface area contributed by atoms with Gasteiger partial charge in [-0.1, -0.05) is 5.16 Å². The lowest BCUT2D eigenvalue weighted by atomic mass is 10.2. The van der Waals surface area contributed by atoms with Crippen molar-refractivity contribution in [2.45, 2.75) is 12.8 Å². The Labute approximate surface area is 145 Å². The van der Waals surface area contributed by atoms with E-state index in [0.29, 0.717) is 11.4 Å². The van der Waals surface area contributed by atoms with Crippen LogP contribution < -0.4 is 4.74 Å². The van der Waals surface area contributed by atoms with Gasteiger partial charge < -0.3 is 9.26 Å². The van der Waals surface area contributed by atoms with E-state index in [4.69, 9.17) is 9.26 Å². The van der Waals surface area contributed by atoms with E-state index in [0.717, 1.165) is 18.2 Å². The van der Waals surface area contributed by atoms with E-state index in [1.165, 1.54) is 0 Å². The van der Waals surface area contributed by atoms with E-state index in [1.54, 1.807) is 24.5 Å². The fourth-order valence-electron chi connectivity index (χ4n) is 2.07. The van der Waals surface area contributed by atoms with Crippen LogP contribution in [0.2, 0.25) is 0 Å². The Balaban J connectivity index is 1.63. The van der Waals surface area contributed by atoms with Crippen LogP contribution in [0.25, 0.3) is 11.4 Å². The zero-order chi connectivity index (χ0) is 18.5. The molecule has 0 atom stereocenters. The number of carbonyl (C=O) groups excluding carboxylic acids is 1. The van der Waals surface area contributed by atoms with E-state index >= 15 is 0 Å². The van der Waals surface area contributed by atoms with Crippen molar-refractivity contribution in [2.75, 3.05) is 0 Å². The smallest absolute Gasteiger partial charge is 0.311 e. The molecular weight excluding hydrogens is 347 g/mol. The molecule has 2 aromatic heterocycles. The first-order valence-electron chi connectivity index (χ1n) is 7.40. The van der Waals surface area contributed by atoms with Crippen molar-refractivity contribution >= 4 is 11.7 Å². The largest absolute Gasteiger partial charge is 0.419 e. The molecule has 0 aliphatic carbocycles. The number of rotatable bonds is 6. The summed E-state index contributed by atoms with van der Waals surface area (Å²) >= 11 is 0. The summed E-state index contributed by atoms with van der Waals surface area (Å²) < 4.78 is 23.1. The number of aromatic nitrogens is 3. The summed E-state index contributed by atoms with van der Waals surface area (Å²) in [7, 11) is 0. The topological polar surface area (TPSA) is 121 Å². The molecule has 0 saturated carbocycles. The lowest BCUT2D eigenvalue weighted by Gasteiger charge is -2.04. The summed E-state index contributed by atoms with van der Waals surface area (Å²) in [6.45, 7) is 0. The highest BCUT2D eigenvalue weighted by molar-refractivity contribution is 5.74. The van der Waals surface area contributed by atoms with Gasteiger partial charge in [0, 0.05) is 36.5 Å². The maximum Gasteiger partial charge on any atom is 0.311 e. The van der Waals surface area contributed by atoms with E-state index in [2.05, 4.69) is 15.1 Å². The summed E-state index contributed by atoms with van der Waals surface area (Å²) in [5.74, 6) is -1.49. The summed E-state index contributed by atoms with van der Waals surface area (Å²) in [5, 5.41) is 14.7. The molecule has 0 saturated heterocycles. The minimum Gasteiger partial charge on any atom is -0.419 e. The highest BCUT2D eigenvalue weighted by Gasteiger charge is 2.19. The second-order valence-electron chi connectivity index (χ2n) is 5.10. The Kier molecular flexibility index (Phi) is 4.92. The van der Waals surface area contributed by atoms with E-state index < -0.39 is 28.1 Å². The first-order chi connectivity index (χ1) is 12.5. The zero-order valence-electron chi connectivity index (χ0n) is 13.2. The van der Waals surface area contributed by atoms with Crippen LogP contribution in [0, 0.1) is 15.9 Å². The van der Waals surface area contributed by atoms with Crippen molar-refractivity contribution in [3.63, 3.8) is 0 Å². The predicted octanol–water partition coefficient (Wildman–Crippen LogP) is 2.72. The molecule has 0 aliphatic rings. The van der Waals surface area contributed by atoms with Crippen molar-refractivity contribution in [3.8, 4) is 17.1 Å². The lowest BCUT2D eigenvalue weighted by Crippen LogP contribution is -2.10. The first-order valence-corrected chi connectivity index (χ1v) is 7.40. The number of hydrogen-bond donors (Lipinski definition) is 0. The molecule has 9 nitrogen and oxygen atoms in total. The van der Waals surface area contributed by atoms with Crippen molar-refractivity contribution < 1.29 is 23.4 Å². The second-order valence-corrected chi connectivity index (χ2v) is 5.10. The molecule has 1 aromatic carbocycles. The van der Waals surface area contributed by atoms with E-state index in [9.17, 15) is 19.3 Å². The quantitative estimate of drug-likeness (QED) is 0.285. The standard InChI is InChI=1S/C16H11FN4O5/c17-11-3-4-12(21(23)24)13(8-11)25-15(22)6-5-14-19-16(20-26-14)10-2-1-7-18-9-10/h1-4,7-9H,5-6H2. The molecule has 3 aromatic rings. The van der Waals surface area contributed by atoms with Crippen LogP contribution in [0.1, 0.15) is 12.3 Å². The summed E-state index contributed by atoms with van der Waals surface area (Å²) in [6.07, 6.45) is 3.05. The van der Waals surface area contributed by atoms with Gasteiger partial charge in [0.05, 0.1) is 11.3 Å². The fourth-order valence-corrected chi connectivity index (χ4v) is 2.07. The van der Waals surface area contributed by atoms with Crippen molar-refractivity contribution in [2.24, 2.45) is 0 Å². The number of nitrogens with zero attached hydrogens (tertiary/aromatic N) is 4. The van der Waals surface area contributed by atoms with E-state index in [-0.39, 0.29) is 18.7 Å². The van der Waals surface area contributed by atoms with Crippen molar-refractivity contribution in [1.82, 2.24) is 15.1 Å². The fraction of sp³-hybridized carbons (Fsp3) is 0.125. The number of esters is 1. The molecule has 0 aliphatic heterocycles. The number of benzene rings is 1. The molecule has 0 spiro atoms. The average molecular weight is 358 g/mol. The highest BCUT2D eigenvalue weighted by atomic mass is 19.1. The normalized spacial score (nSPS) is 10.5. The van der Waals surface area contributed by atoms with Gasteiger partial charge in [-0.05, 0) is 18.2 Å². The minimum absolute atomic E-state index is 0.0647. The molecular formula is C16H11FN4O5. The van der Waals surface area contributed by atoms with Crippen LogP contribution in [0.5, 0.6) is 5.75 Å². The van der Waals surface area contributed by atoms with Gasteiger partial charge in [0.15, 0.2) is 0 Å². The van der Waals surface area contributed by atoms with Crippen LogP contribution in [0.3, 0.4) is 0 Å². The molecule has 0 radical (unpaired) electrons. The van der Waals surface area contributed by atoms with Crippen molar-refractivity contribution in [1.29, 1.82) is 0 Å². The van der Waals surface area contributed by atoms with Gasteiger partial charge in [0.2, 0.25) is 17.5 Å². The maximum atomic E-state index is 13.2. The molecule has 0 N–H and O–H groups in total. The highest BCUT2D eigenvalue weighted by Crippen LogP contribution is 2.27. The van der Waals surface area contributed by atoms with Crippen LogP contribution in [0.4, 0.5) is 10.1 Å². The average Bonchev–Trinajstić information content (AvgIpc) is 3.09.